The van der Waals surface area contributed by atoms with Crippen LogP contribution in [0.4, 0.5) is 5.13 Å². The highest BCUT2D eigenvalue weighted by Gasteiger charge is 2.34. The fraction of sp³-hybridized carbons (Fsp3) is 0.476. The minimum Gasteiger partial charge on any atom is -0.477 e. The number of ether oxygens (including phenoxy) is 1. The number of thiazole rings is 1. The molecule has 3 N–H and O–H groups in total. The summed E-state index contributed by atoms with van der Waals surface area (Å²) < 4.78 is 7.56. The first-order valence-corrected chi connectivity index (χ1v) is 12.6. The van der Waals surface area contributed by atoms with Crippen LogP contribution in [-0.4, -0.2) is 73.6 Å². The van der Waals surface area contributed by atoms with Crippen molar-refractivity contribution in [3.05, 3.63) is 32.6 Å². The van der Waals surface area contributed by atoms with Crippen LogP contribution in [0.3, 0.4) is 0 Å². The summed E-state index contributed by atoms with van der Waals surface area (Å²) in [7, 11) is 1.68. The van der Waals surface area contributed by atoms with Crippen LogP contribution < -0.4 is 10.2 Å². The van der Waals surface area contributed by atoms with Crippen LogP contribution in [0.25, 0.3) is 11.5 Å². The van der Waals surface area contributed by atoms with Crippen molar-refractivity contribution in [2.24, 2.45) is 7.05 Å². The van der Waals surface area contributed by atoms with Gasteiger partial charge in [-0.2, -0.15) is 5.10 Å². The number of amides is 1. The Morgan fingerprint density at radius 3 is 2.74 bits per heavy atom. The molecule has 1 fully saturated rings. The fourth-order valence-electron chi connectivity index (χ4n) is 3.91. The number of aryl methyl sites for hydroxylation is 2. The van der Waals surface area contributed by atoms with Gasteiger partial charge in [0.05, 0.1) is 22.2 Å². The molecule has 4 rings (SSSR count). The van der Waals surface area contributed by atoms with Gasteiger partial charge in [0.25, 0.3) is 5.91 Å². The van der Waals surface area contributed by atoms with Gasteiger partial charge in [-0.3, -0.25) is 4.79 Å². The Kier molecular flexibility index (Phi) is 7.64. The lowest BCUT2D eigenvalue weighted by atomic mass is 10.0. The lowest BCUT2D eigenvalue weighted by molar-refractivity contribution is 0.0205. The monoisotopic (exact) mass is 541 g/mol. The first kappa shape index (κ1) is 25.4. The molecule has 35 heavy (non-hydrogen) atoms. The number of hydrogen-bond donors (Lipinski definition) is 3. The molecule has 3 aromatic rings. The first-order valence-electron chi connectivity index (χ1n) is 11.0. The van der Waals surface area contributed by atoms with Gasteiger partial charge in [-0.1, -0.05) is 41.5 Å². The van der Waals surface area contributed by atoms with E-state index >= 15 is 0 Å². The second kappa shape index (κ2) is 10.5. The third-order valence-electron chi connectivity index (χ3n) is 5.70. The number of hydrogen-bond acceptors (Lipinski definition) is 8. The highest BCUT2D eigenvalue weighted by atomic mass is 35.5. The van der Waals surface area contributed by atoms with E-state index in [1.807, 2.05) is 11.8 Å². The Hall–Kier alpha value is -2.67. The maximum absolute atomic E-state index is 12.9. The smallest absolute Gasteiger partial charge is 0.348 e. The molecule has 14 heteroatoms. The number of aromatic amines is 1. The summed E-state index contributed by atoms with van der Waals surface area (Å²) in [4.78, 5) is 38.5. The van der Waals surface area contributed by atoms with Gasteiger partial charge in [0.2, 0.25) is 0 Å². The van der Waals surface area contributed by atoms with Crippen molar-refractivity contribution in [1.29, 1.82) is 0 Å². The van der Waals surface area contributed by atoms with E-state index in [2.05, 4.69) is 25.4 Å². The first-order chi connectivity index (χ1) is 16.7. The van der Waals surface area contributed by atoms with Gasteiger partial charge < -0.3 is 25.0 Å². The zero-order chi connectivity index (χ0) is 25.3. The van der Waals surface area contributed by atoms with Crippen LogP contribution in [-0.2, 0) is 11.8 Å². The minimum atomic E-state index is -1.08. The molecule has 0 bridgehead atoms. The van der Waals surface area contributed by atoms with E-state index in [4.69, 9.17) is 27.9 Å². The lowest BCUT2D eigenvalue weighted by Gasteiger charge is -2.38. The Morgan fingerprint density at radius 2 is 2.14 bits per heavy atom. The van der Waals surface area contributed by atoms with Gasteiger partial charge in [-0.05, 0) is 19.8 Å². The number of carbonyl (C=O) groups excluding carboxylic acids is 1. The van der Waals surface area contributed by atoms with E-state index in [1.165, 1.54) is 11.0 Å². The topological polar surface area (TPSA) is 138 Å². The number of piperidine rings is 1. The summed E-state index contributed by atoms with van der Waals surface area (Å²) >= 11 is 13.4. The lowest BCUT2D eigenvalue weighted by Crippen LogP contribution is -2.55. The summed E-state index contributed by atoms with van der Waals surface area (Å²) in [6, 6.07) is -0.277. The van der Waals surface area contributed by atoms with E-state index in [1.54, 1.807) is 14.0 Å². The predicted octanol–water partition coefficient (Wildman–Crippen LogP) is 3.38. The summed E-state index contributed by atoms with van der Waals surface area (Å²) in [5.41, 5.74) is 1.10. The molecule has 0 aromatic carbocycles. The van der Waals surface area contributed by atoms with Crippen molar-refractivity contribution in [2.45, 2.75) is 38.8 Å². The Bertz CT molecular complexity index is 1240. The third-order valence-corrected chi connectivity index (χ3v) is 7.75. The maximum atomic E-state index is 12.9. The van der Waals surface area contributed by atoms with Gasteiger partial charge in [0.1, 0.15) is 22.6 Å². The van der Waals surface area contributed by atoms with E-state index in [-0.39, 0.29) is 39.3 Å². The number of halogens is 2. The Balaban J connectivity index is 1.55. The molecule has 1 saturated heterocycles. The molecular weight excluding hydrogens is 517 g/mol. The number of rotatable bonds is 8. The molecule has 1 aliphatic rings. The van der Waals surface area contributed by atoms with E-state index in [9.17, 15) is 14.7 Å². The van der Waals surface area contributed by atoms with Crippen molar-refractivity contribution in [2.75, 3.05) is 24.6 Å². The van der Waals surface area contributed by atoms with Crippen molar-refractivity contribution >= 4 is 51.5 Å². The number of carboxylic acids is 1. The normalized spacial score (nSPS) is 18.1. The summed E-state index contributed by atoms with van der Waals surface area (Å²) in [6.07, 6.45) is 2.39. The number of anilines is 1. The van der Waals surface area contributed by atoms with E-state index in [0.29, 0.717) is 47.8 Å². The molecule has 1 aliphatic heterocycles. The van der Waals surface area contributed by atoms with E-state index in [0.717, 1.165) is 17.8 Å². The van der Waals surface area contributed by atoms with Crippen molar-refractivity contribution in [1.82, 2.24) is 30.0 Å². The van der Waals surface area contributed by atoms with Gasteiger partial charge in [-0.15, -0.1) is 0 Å². The second-order valence-electron chi connectivity index (χ2n) is 8.16. The average molecular weight is 542 g/mol. The van der Waals surface area contributed by atoms with Crippen molar-refractivity contribution in [3.63, 3.8) is 0 Å². The van der Waals surface area contributed by atoms with Gasteiger partial charge in [-0.25, -0.2) is 19.4 Å². The number of nitrogens with zero attached hydrogens (tertiary/aromatic N) is 5. The summed E-state index contributed by atoms with van der Waals surface area (Å²) in [5.74, 6) is -1.06. The zero-order valence-electron chi connectivity index (χ0n) is 19.3. The second-order valence-corrected chi connectivity index (χ2v) is 9.90. The Labute approximate surface area is 215 Å². The van der Waals surface area contributed by atoms with Crippen LogP contribution in [0.2, 0.25) is 10.0 Å². The molecule has 2 atom stereocenters. The molecule has 0 aliphatic carbocycles. The third kappa shape index (κ3) is 5.15. The summed E-state index contributed by atoms with van der Waals surface area (Å²) in [5, 5.41) is 17.8. The van der Waals surface area contributed by atoms with Gasteiger partial charge >= 0.3 is 5.97 Å². The highest BCUT2D eigenvalue weighted by Crippen LogP contribution is 2.34. The molecule has 1 amide bonds. The molecule has 0 saturated carbocycles. The number of aromatic carboxylic acids is 1. The fourth-order valence-corrected chi connectivity index (χ4v) is 5.27. The number of carbonyl (C=O) groups is 2. The SMILES string of the molecule is CCCO[C@H]1CN(c2nc(-c3ncnn3C)c(C(=O)O)s2)CCC1NC(=O)c1[nH]c(C)c(Cl)c1Cl. The number of aromatic nitrogens is 5. The largest absolute Gasteiger partial charge is 0.477 e. The number of H-pyrrole nitrogens is 1. The highest BCUT2D eigenvalue weighted by molar-refractivity contribution is 7.17. The maximum Gasteiger partial charge on any atom is 0.348 e. The van der Waals surface area contributed by atoms with Crippen LogP contribution in [0, 0.1) is 6.92 Å². The standard InChI is InChI=1S/C21H25Cl2N7O4S/c1-4-7-34-12-8-30(6-5-11(12)27-19(31)15-14(23)13(22)10(2)26-15)21-28-16(17(35-21)20(32)33)18-24-9-25-29(18)3/h9,11-12,26H,4-8H2,1-3H3,(H,27,31)(H,32,33)/t11?,12-/m0/s1. The minimum absolute atomic E-state index is 0.0891. The average Bonchev–Trinajstić information content (AvgIpc) is 3.52. The number of nitrogens with one attached hydrogen (secondary N) is 2. The molecule has 4 heterocycles. The summed E-state index contributed by atoms with van der Waals surface area (Å²) in [6.45, 7) is 5.23. The molecule has 1 unspecified atom stereocenters. The Morgan fingerprint density at radius 1 is 1.37 bits per heavy atom. The van der Waals surface area contributed by atoms with Crippen LogP contribution in [0.15, 0.2) is 6.33 Å². The molecule has 0 radical (unpaired) electrons. The van der Waals surface area contributed by atoms with E-state index < -0.39 is 5.97 Å². The van der Waals surface area contributed by atoms with Crippen LogP contribution in [0.5, 0.6) is 0 Å². The van der Waals surface area contributed by atoms with Gasteiger partial charge in [0.15, 0.2) is 11.0 Å². The van der Waals surface area contributed by atoms with Crippen LogP contribution in [0.1, 0.15) is 45.6 Å². The van der Waals surface area contributed by atoms with Crippen molar-refractivity contribution in [3.8, 4) is 11.5 Å². The number of carboxylic acid groups (broad SMARTS) is 1. The van der Waals surface area contributed by atoms with Crippen LogP contribution >= 0.6 is 34.5 Å². The molecule has 3 aromatic heterocycles. The molecule has 11 nitrogen and oxygen atoms in total. The molecule has 0 spiro atoms. The quantitative estimate of drug-likeness (QED) is 0.394. The molecular formula is C21H25Cl2N7O4S. The van der Waals surface area contributed by atoms with Gasteiger partial charge in [0, 0.05) is 32.4 Å². The predicted molar refractivity (Wildman–Crippen MR) is 133 cm³/mol. The molecule has 188 valence electrons. The van der Waals surface area contributed by atoms with Crippen molar-refractivity contribution < 1.29 is 19.4 Å². The zero-order valence-corrected chi connectivity index (χ0v) is 21.7.